The average molecular weight is 280 g/mol. The first kappa shape index (κ1) is 13.5. The molecule has 0 saturated carbocycles. The highest BCUT2D eigenvalue weighted by Crippen LogP contribution is 2.31. The standard InChI is InChI=1S/C12H12N2O4S/c1-2-19-6-5-13-10-4-3-8(14(17)18)7-9(10)11(15)12(13)16/h3-4,7H,2,5-6H2,1H3. The van der Waals surface area contributed by atoms with E-state index in [4.69, 9.17) is 0 Å². The van der Waals surface area contributed by atoms with Crippen molar-refractivity contribution in [2.24, 2.45) is 0 Å². The van der Waals surface area contributed by atoms with Crippen LogP contribution >= 0.6 is 11.8 Å². The third kappa shape index (κ3) is 2.46. The minimum Gasteiger partial charge on any atom is -0.304 e. The summed E-state index contributed by atoms with van der Waals surface area (Å²) in [6.45, 7) is 2.45. The Morgan fingerprint density at radius 3 is 2.74 bits per heavy atom. The summed E-state index contributed by atoms with van der Waals surface area (Å²) in [6, 6.07) is 3.94. The van der Waals surface area contributed by atoms with E-state index in [0.29, 0.717) is 12.2 Å². The monoisotopic (exact) mass is 280 g/mol. The number of hydrogen-bond donors (Lipinski definition) is 0. The Balaban J connectivity index is 2.30. The van der Waals surface area contributed by atoms with Gasteiger partial charge < -0.3 is 4.90 Å². The number of carbonyl (C=O) groups excluding carboxylic acids is 2. The highest BCUT2D eigenvalue weighted by atomic mass is 32.2. The van der Waals surface area contributed by atoms with Gasteiger partial charge in [0.05, 0.1) is 16.2 Å². The van der Waals surface area contributed by atoms with Crippen molar-refractivity contribution < 1.29 is 14.5 Å². The van der Waals surface area contributed by atoms with Gasteiger partial charge in [0.25, 0.3) is 17.4 Å². The van der Waals surface area contributed by atoms with E-state index in [-0.39, 0.29) is 11.3 Å². The number of nitro groups is 1. The van der Waals surface area contributed by atoms with Gasteiger partial charge in [0.1, 0.15) is 0 Å². The van der Waals surface area contributed by atoms with Gasteiger partial charge >= 0.3 is 0 Å². The molecule has 1 aliphatic rings. The van der Waals surface area contributed by atoms with E-state index >= 15 is 0 Å². The van der Waals surface area contributed by atoms with Gasteiger partial charge in [-0.05, 0) is 11.8 Å². The maximum atomic E-state index is 11.8. The number of fused-ring (bicyclic) bond motifs is 1. The predicted molar refractivity (Wildman–Crippen MR) is 72.8 cm³/mol. The van der Waals surface area contributed by atoms with E-state index in [2.05, 4.69) is 0 Å². The van der Waals surface area contributed by atoms with E-state index < -0.39 is 16.6 Å². The zero-order chi connectivity index (χ0) is 14.0. The molecule has 0 atom stereocenters. The fraction of sp³-hybridized carbons (Fsp3) is 0.333. The zero-order valence-corrected chi connectivity index (χ0v) is 11.1. The molecule has 0 unspecified atom stereocenters. The number of nitro benzene ring substituents is 1. The number of non-ortho nitro benzene ring substituents is 1. The van der Waals surface area contributed by atoms with Crippen LogP contribution in [0.5, 0.6) is 0 Å². The van der Waals surface area contributed by atoms with Gasteiger partial charge in [-0.15, -0.1) is 0 Å². The van der Waals surface area contributed by atoms with Crippen LogP contribution in [0.15, 0.2) is 18.2 Å². The first-order chi connectivity index (χ1) is 9.06. The molecule has 1 aliphatic heterocycles. The van der Waals surface area contributed by atoms with Gasteiger partial charge in [-0.3, -0.25) is 19.7 Å². The highest BCUT2D eigenvalue weighted by molar-refractivity contribution is 7.99. The smallest absolute Gasteiger partial charge is 0.299 e. The summed E-state index contributed by atoms with van der Waals surface area (Å²) in [4.78, 5) is 35.1. The van der Waals surface area contributed by atoms with Gasteiger partial charge in [-0.1, -0.05) is 6.92 Å². The Bertz CT molecular complexity index is 559. The number of benzene rings is 1. The van der Waals surface area contributed by atoms with Crippen molar-refractivity contribution in [1.29, 1.82) is 0 Å². The summed E-state index contributed by atoms with van der Waals surface area (Å²) in [6.07, 6.45) is 0. The molecule has 1 aromatic carbocycles. The molecule has 100 valence electrons. The van der Waals surface area contributed by atoms with E-state index in [0.717, 1.165) is 11.5 Å². The number of anilines is 1. The second-order valence-corrected chi connectivity index (χ2v) is 5.34. The Morgan fingerprint density at radius 1 is 1.37 bits per heavy atom. The van der Waals surface area contributed by atoms with Crippen molar-refractivity contribution in [2.45, 2.75) is 6.92 Å². The van der Waals surface area contributed by atoms with E-state index in [9.17, 15) is 19.7 Å². The predicted octanol–water partition coefficient (Wildman–Crippen LogP) is 1.88. The number of ketones is 1. The Hall–Kier alpha value is -1.89. The third-order valence-electron chi connectivity index (χ3n) is 2.83. The van der Waals surface area contributed by atoms with E-state index in [1.807, 2.05) is 6.92 Å². The van der Waals surface area contributed by atoms with Crippen LogP contribution in [-0.4, -0.2) is 34.7 Å². The first-order valence-electron chi connectivity index (χ1n) is 5.78. The summed E-state index contributed by atoms with van der Waals surface area (Å²) in [5.41, 5.74) is 0.419. The second kappa shape index (κ2) is 5.40. The van der Waals surface area contributed by atoms with Crippen LogP contribution in [0, 0.1) is 10.1 Å². The van der Waals surface area contributed by atoms with Gasteiger partial charge in [-0.25, -0.2) is 0 Å². The molecule has 0 radical (unpaired) electrons. The van der Waals surface area contributed by atoms with Gasteiger partial charge in [0.2, 0.25) is 0 Å². The van der Waals surface area contributed by atoms with Crippen molar-refractivity contribution in [3.63, 3.8) is 0 Å². The van der Waals surface area contributed by atoms with Crippen molar-refractivity contribution in [3.8, 4) is 0 Å². The molecular weight excluding hydrogens is 268 g/mol. The first-order valence-corrected chi connectivity index (χ1v) is 6.94. The largest absolute Gasteiger partial charge is 0.304 e. The number of nitrogens with zero attached hydrogens (tertiary/aromatic N) is 2. The third-order valence-corrected chi connectivity index (χ3v) is 3.71. The van der Waals surface area contributed by atoms with Crippen LogP contribution in [0.1, 0.15) is 17.3 Å². The summed E-state index contributed by atoms with van der Waals surface area (Å²) < 4.78 is 0. The minimum atomic E-state index is -0.666. The minimum absolute atomic E-state index is 0.126. The Labute approximate surface area is 113 Å². The number of thioether (sulfide) groups is 1. The quantitative estimate of drug-likeness (QED) is 0.356. The molecule has 1 heterocycles. The van der Waals surface area contributed by atoms with Crippen LogP contribution in [0.25, 0.3) is 0 Å². The topological polar surface area (TPSA) is 80.5 Å². The highest BCUT2D eigenvalue weighted by Gasteiger charge is 2.36. The zero-order valence-electron chi connectivity index (χ0n) is 10.3. The number of hydrogen-bond acceptors (Lipinski definition) is 5. The number of rotatable bonds is 5. The molecule has 0 saturated heterocycles. The van der Waals surface area contributed by atoms with Crippen molar-refractivity contribution in [3.05, 3.63) is 33.9 Å². The lowest BCUT2D eigenvalue weighted by atomic mass is 10.1. The fourth-order valence-corrected chi connectivity index (χ4v) is 2.52. The average Bonchev–Trinajstić information content (AvgIpc) is 2.63. The number of Topliss-reactive ketones (excluding diaryl/α,β-unsaturated/α-hetero) is 1. The summed E-state index contributed by atoms with van der Waals surface area (Å²) in [5, 5.41) is 10.7. The van der Waals surface area contributed by atoms with E-state index in [1.54, 1.807) is 11.8 Å². The molecule has 7 heteroatoms. The van der Waals surface area contributed by atoms with Crippen LogP contribution in [-0.2, 0) is 4.79 Å². The Kier molecular flexibility index (Phi) is 3.84. The molecule has 0 N–H and O–H groups in total. The van der Waals surface area contributed by atoms with E-state index in [1.165, 1.54) is 23.1 Å². The SMILES string of the molecule is CCSCCN1C(=O)C(=O)c2cc([N+](=O)[O-])ccc21. The van der Waals surface area contributed by atoms with Crippen molar-refractivity contribution in [2.75, 3.05) is 23.0 Å². The maximum absolute atomic E-state index is 11.8. The Morgan fingerprint density at radius 2 is 2.11 bits per heavy atom. The molecule has 2 rings (SSSR count). The molecule has 19 heavy (non-hydrogen) atoms. The summed E-state index contributed by atoms with van der Waals surface area (Å²) in [7, 11) is 0. The lowest BCUT2D eigenvalue weighted by Gasteiger charge is -2.15. The molecule has 0 aliphatic carbocycles. The number of amides is 1. The molecule has 0 bridgehead atoms. The summed E-state index contributed by atoms with van der Waals surface area (Å²) in [5.74, 6) is 0.391. The normalized spacial score (nSPS) is 13.8. The lowest BCUT2D eigenvalue weighted by Crippen LogP contribution is -2.31. The molecule has 1 aromatic rings. The second-order valence-electron chi connectivity index (χ2n) is 3.94. The maximum Gasteiger partial charge on any atom is 0.299 e. The van der Waals surface area contributed by atoms with Crippen molar-refractivity contribution in [1.82, 2.24) is 0 Å². The molecule has 0 fully saturated rings. The van der Waals surface area contributed by atoms with Crippen LogP contribution in [0.4, 0.5) is 11.4 Å². The van der Waals surface area contributed by atoms with Crippen molar-refractivity contribution >= 4 is 34.8 Å². The molecule has 0 spiro atoms. The van der Waals surface area contributed by atoms with Gasteiger partial charge in [0.15, 0.2) is 0 Å². The molecule has 6 nitrogen and oxygen atoms in total. The molecule has 0 aromatic heterocycles. The molecular formula is C12H12N2O4S. The van der Waals surface area contributed by atoms with Gasteiger partial charge in [0, 0.05) is 24.4 Å². The summed E-state index contributed by atoms with van der Waals surface area (Å²) >= 11 is 1.67. The lowest BCUT2D eigenvalue weighted by molar-refractivity contribution is -0.384. The number of carbonyl (C=O) groups is 2. The van der Waals surface area contributed by atoms with Crippen LogP contribution in [0.3, 0.4) is 0 Å². The fourth-order valence-electron chi connectivity index (χ4n) is 1.92. The van der Waals surface area contributed by atoms with Crippen LogP contribution in [0.2, 0.25) is 0 Å². The van der Waals surface area contributed by atoms with Gasteiger partial charge in [-0.2, -0.15) is 11.8 Å². The van der Waals surface area contributed by atoms with Crippen LogP contribution < -0.4 is 4.90 Å². The molecule has 1 amide bonds.